The van der Waals surface area contributed by atoms with Crippen LogP contribution in [0.2, 0.25) is 4.34 Å². The molecule has 0 unspecified atom stereocenters. The van der Waals surface area contributed by atoms with Crippen LogP contribution in [0.1, 0.15) is 30.6 Å². The van der Waals surface area contributed by atoms with Crippen molar-refractivity contribution in [2.45, 2.75) is 32.2 Å². The van der Waals surface area contributed by atoms with Gasteiger partial charge in [-0.2, -0.15) is 0 Å². The van der Waals surface area contributed by atoms with Crippen molar-refractivity contribution in [3.05, 3.63) is 21.3 Å². The van der Waals surface area contributed by atoms with Crippen molar-refractivity contribution in [3.8, 4) is 0 Å². The highest BCUT2D eigenvalue weighted by Crippen LogP contribution is 2.26. The standard InChI is InChI=1S/C15H21ClN2OS/c16-14-4-3-13(20-14)11-17-9-5-12(6-10-17)15(19)18-7-1-2-8-18/h3-4,12H,1-2,5-11H2. The molecule has 3 nitrogen and oxygen atoms in total. The van der Waals surface area contributed by atoms with Crippen LogP contribution in [0.15, 0.2) is 12.1 Å². The van der Waals surface area contributed by atoms with E-state index >= 15 is 0 Å². The second-order valence-corrected chi connectivity index (χ2v) is 7.59. The molecule has 0 saturated carbocycles. The number of rotatable bonds is 3. The first-order valence-electron chi connectivity index (χ1n) is 7.48. The van der Waals surface area contributed by atoms with Crippen molar-refractivity contribution in [1.29, 1.82) is 0 Å². The Morgan fingerprint density at radius 2 is 1.90 bits per heavy atom. The van der Waals surface area contributed by atoms with Gasteiger partial charge >= 0.3 is 0 Å². The summed E-state index contributed by atoms with van der Waals surface area (Å²) in [5.41, 5.74) is 0. The molecule has 110 valence electrons. The van der Waals surface area contributed by atoms with Gasteiger partial charge in [0.15, 0.2) is 0 Å². The van der Waals surface area contributed by atoms with E-state index < -0.39 is 0 Å². The first-order valence-corrected chi connectivity index (χ1v) is 8.67. The lowest BCUT2D eigenvalue weighted by Crippen LogP contribution is -2.41. The summed E-state index contributed by atoms with van der Waals surface area (Å²) in [7, 11) is 0. The molecule has 0 radical (unpaired) electrons. The number of piperidine rings is 1. The third-order valence-corrected chi connectivity index (χ3v) is 5.58. The SMILES string of the molecule is O=C(C1CCN(Cc2ccc(Cl)s2)CC1)N1CCCC1. The Kier molecular flexibility index (Phi) is 4.64. The Hall–Kier alpha value is -0.580. The summed E-state index contributed by atoms with van der Waals surface area (Å²) in [5, 5.41) is 0. The predicted octanol–water partition coefficient (Wildman–Crippen LogP) is 3.24. The summed E-state index contributed by atoms with van der Waals surface area (Å²) in [6.07, 6.45) is 4.39. The van der Waals surface area contributed by atoms with Gasteiger partial charge in [0.2, 0.25) is 5.91 Å². The molecule has 3 heterocycles. The molecule has 1 amide bonds. The van der Waals surface area contributed by atoms with Gasteiger partial charge in [0.25, 0.3) is 0 Å². The molecule has 5 heteroatoms. The molecular formula is C15H21ClN2OS. The lowest BCUT2D eigenvalue weighted by molar-refractivity contribution is -0.136. The van der Waals surface area contributed by atoms with Crippen LogP contribution in [-0.2, 0) is 11.3 Å². The van der Waals surface area contributed by atoms with E-state index in [1.54, 1.807) is 11.3 Å². The second-order valence-electron chi connectivity index (χ2n) is 5.79. The molecule has 3 rings (SSSR count). The number of amides is 1. The number of carbonyl (C=O) groups excluding carboxylic acids is 1. The Morgan fingerprint density at radius 1 is 1.20 bits per heavy atom. The average Bonchev–Trinajstić information content (AvgIpc) is 3.11. The van der Waals surface area contributed by atoms with Crippen LogP contribution in [0, 0.1) is 5.92 Å². The van der Waals surface area contributed by atoms with Crippen LogP contribution in [0.4, 0.5) is 0 Å². The summed E-state index contributed by atoms with van der Waals surface area (Å²) >= 11 is 7.62. The van der Waals surface area contributed by atoms with Gasteiger partial charge in [0.05, 0.1) is 4.34 Å². The first-order chi connectivity index (χ1) is 9.72. The van der Waals surface area contributed by atoms with Gasteiger partial charge in [0.1, 0.15) is 0 Å². The van der Waals surface area contributed by atoms with Crippen molar-refractivity contribution in [2.75, 3.05) is 26.2 Å². The van der Waals surface area contributed by atoms with E-state index in [0.29, 0.717) is 5.91 Å². The Labute approximate surface area is 129 Å². The fraction of sp³-hybridized carbons (Fsp3) is 0.667. The summed E-state index contributed by atoms with van der Waals surface area (Å²) in [5.74, 6) is 0.664. The largest absolute Gasteiger partial charge is 0.342 e. The van der Waals surface area contributed by atoms with E-state index in [1.807, 2.05) is 6.07 Å². The maximum Gasteiger partial charge on any atom is 0.225 e. The van der Waals surface area contributed by atoms with Crippen molar-refractivity contribution in [2.24, 2.45) is 5.92 Å². The number of likely N-dealkylation sites (tertiary alicyclic amines) is 2. The molecule has 0 N–H and O–H groups in total. The summed E-state index contributed by atoms with van der Waals surface area (Å²) in [6.45, 7) is 4.99. The van der Waals surface area contributed by atoms with Gasteiger partial charge in [-0.05, 0) is 50.9 Å². The number of carbonyl (C=O) groups is 1. The Morgan fingerprint density at radius 3 is 2.50 bits per heavy atom. The zero-order chi connectivity index (χ0) is 13.9. The van der Waals surface area contributed by atoms with Crippen molar-refractivity contribution >= 4 is 28.8 Å². The van der Waals surface area contributed by atoms with Crippen LogP contribution in [0.25, 0.3) is 0 Å². The van der Waals surface area contributed by atoms with Gasteiger partial charge in [0, 0.05) is 30.4 Å². The van der Waals surface area contributed by atoms with Crippen LogP contribution in [0.3, 0.4) is 0 Å². The third-order valence-electron chi connectivity index (χ3n) is 4.36. The molecule has 2 aliphatic heterocycles. The number of thiophene rings is 1. The van der Waals surface area contributed by atoms with Gasteiger partial charge in [-0.25, -0.2) is 0 Å². The predicted molar refractivity (Wildman–Crippen MR) is 83.1 cm³/mol. The molecule has 2 aliphatic rings. The fourth-order valence-electron chi connectivity index (χ4n) is 3.19. The molecule has 2 fully saturated rings. The van der Waals surface area contributed by atoms with Gasteiger partial charge in [-0.1, -0.05) is 11.6 Å². The van der Waals surface area contributed by atoms with E-state index in [4.69, 9.17) is 11.6 Å². The minimum atomic E-state index is 0.260. The number of hydrogen-bond acceptors (Lipinski definition) is 3. The Balaban J connectivity index is 1.48. The summed E-state index contributed by atoms with van der Waals surface area (Å²) in [4.78, 5) is 18.2. The molecular weight excluding hydrogens is 292 g/mol. The zero-order valence-electron chi connectivity index (χ0n) is 11.7. The fourth-order valence-corrected chi connectivity index (χ4v) is 4.32. The van der Waals surface area contributed by atoms with Crippen molar-refractivity contribution in [3.63, 3.8) is 0 Å². The Bertz CT molecular complexity index is 462. The van der Waals surface area contributed by atoms with Gasteiger partial charge in [-0.15, -0.1) is 11.3 Å². The molecule has 0 aromatic carbocycles. The maximum absolute atomic E-state index is 12.4. The second kappa shape index (κ2) is 6.46. The minimum absolute atomic E-state index is 0.260. The van der Waals surface area contributed by atoms with Gasteiger partial charge in [-0.3, -0.25) is 9.69 Å². The molecule has 2 saturated heterocycles. The van der Waals surface area contributed by atoms with Crippen LogP contribution >= 0.6 is 22.9 Å². The van der Waals surface area contributed by atoms with E-state index in [1.165, 1.54) is 17.7 Å². The average molecular weight is 313 g/mol. The quantitative estimate of drug-likeness (QED) is 0.855. The summed E-state index contributed by atoms with van der Waals surface area (Å²) < 4.78 is 0.860. The highest BCUT2D eigenvalue weighted by atomic mass is 35.5. The highest BCUT2D eigenvalue weighted by Gasteiger charge is 2.29. The van der Waals surface area contributed by atoms with Crippen LogP contribution in [-0.4, -0.2) is 41.9 Å². The lowest BCUT2D eigenvalue weighted by atomic mass is 9.95. The molecule has 0 bridgehead atoms. The van der Waals surface area contributed by atoms with Crippen LogP contribution in [0.5, 0.6) is 0 Å². The highest BCUT2D eigenvalue weighted by molar-refractivity contribution is 7.16. The third kappa shape index (κ3) is 3.35. The monoisotopic (exact) mass is 312 g/mol. The van der Waals surface area contributed by atoms with Gasteiger partial charge < -0.3 is 4.90 Å². The smallest absolute Gasteiger partial charge is 0.225 e. The first kappa shape index (κ1) is 14.4. The molecule has 0 atom stereocenters. The van der Waals surface area contributed by atoms with E-state index in [-0.39, 0.29) is 5.92 Å². The topological polar surface area (TPSA) is 23.6 Å². The van der Waals surface area contributed by atoms with Crippen molar-refractivity contribution in [1.82, 2.24) is 9.80 Å². The molecule has 0 aliphatic carbocycles. The summed E-state index contributed by atoms with van der Waals surface area (Å²) in [6, 6.07) is 4.07. The normalized spacial score (nSPS) is 21.6. The molecule has 20 heavy (non-hydrogen) atoms. The molecule has 1 aromatic heterocycles. The van der Waals surface area contributed by atoms with E-state index in [0.717, 1.165) is 49.9 Å². The minimum Gasteiger partial charge on any atom is -0.342 e. The number of halogens is 1. The van der Waals surface area contributed by atoms with E-state index in [2.05, 4.69) is 15.9 Å². The molecule has 1 aromatic rings. The van der Waals surface area contributed by atoms with Crippen molar-refractivity contribution < 1.29 is 4.79 Å². The zero-order valence-corrected chi connectivity index (χ0v) is 13.3. The van der Waals surface area contributed by atoms with Crippen LogP contribution < -0.4 is 0 Å². The number of nitrogens with zero attached hydrogens (tertiary/aromatic N) is 2. The molecule has 0 spiro atoms. The maximum atomic E-state index is 12.4. The van der Waals surface area contributed by atoms with E-state index in [9.17, 15) is 4.79 Å². The lowest BCUT2D eigenvalue weighted by Gasteiger charge is -2.32. The number of hydrogen-bond donors (Lipinski definition) is 0.